The Morgan fingerprint density at radius 2 is 1.93 bits per heavy atom. The first-order chi connectivity index (χ1) is 12.7. The van der Waals surface area contributed by atoms with Gasteiger partial charge in [0, 0.05) is 12.6 Å². The van der Waals surface area contributed by atoms with Gasteiger partial charge in [-0.1, -0.05) is 30.3 Å². The predicted octanol–water partition coefficient (Wildman–Crippen LogP) is 4.21. The highest BCUT2D eigenvalue weighted by molar-refractivity contribution is 6.19. The zero-order chi connectivity index (χ0) is 20.4. The molecule has 0 aliphatic carbocycles. The van der Waals surface area contributed by atoms with Crippen LogP contribution in [0.25, 0.3) is 0 Å². The van der Waals surface area contributed by atoms with Crippen molar-refractivity contribution in [2.75, 3.05) is 19.6 Å². The fraction of sp³-hybridized carbons (Fsp3) is 0.450. The van der Waals surface area contributed by atoms with E-state index in [9.17, 15) is 4.79 Å². The highest BCUT2D eigenvalue weighted by Gasteiger charge is 2.21. The molecule has 1 aromatic rings. The molecule has 1 rings (SSSR count). The lowest BCUT2D eigenvalue weighted by atomic mass is 10.2. The van der Waals surface area contributed by atoms with E-state index in [1.54, 1.807) is 7.05 Å². The van der Waals surface area contributed by atoms with Crippen LogP contribution in [-0.2, 0) is 11.3 Å². The zero-order valence-electron chi connectivity index (χ0n) is 16.8. The third-order valence-electron chi connectivity index (χ3n) is 3.57. The van der Waals surface area contributed by atoms with E-state index in [-0.39, 0.29) is 12.5 Å². The number of likely N-dealkylation sites (N-methyl/N-ethyl adjacent to an activating group) is 1. The van der Waals surface area contributed by atoms with Crippen LogP contribution >= 0.6 is 11.6 Å². The van der Waals surface area contributed by atoms with Crippen LogP contribution in [0.2, 0.25) is 0 Å². The smallest absolute Gasteiger partial charge is 0.410 e. The SMILES string of the molecule is C=N/C(CN(C)C(=O)OC(C)(C)C)=C(/C)C(=NCc1ccccc1)NCCl. The van der Waals surface area contributed by atoms with E-state index in [0.29, 0.717) is 18.1 Å². The molecule has 1 N–H and O–H groups in total. The topological polar surface area (TPSA) is 66.3 Å². The largest absolute Gasteiger partial charge is 0.444 e. The van der Waals surface area contributed by atoms with Crippen LogP contribution in [0, 0.1) is 0 Å². The first-order valence-electron chi connectivity index (χ1n) is 8.67. The predicted molar refractivity (Wildman–Crippen MR) is 113 cm³/mol. The summed E-state index contributed by atoms with van der Waals surface area (Å²) in [6.45, 7) is 11.7. The maximum Gasteiger partial charge on any atom is 0.410 e. The third kappa shape index (κ3) is 8.26. The molecule has 0 heterocycles. The number of rotatable bonds is 7. The number of hydrogen-bond acceptors (Lipinski definition) is 4. The Morgan fingerprint density at radius 3 is 2.44 bits per heavy atom. The number of carbonyl (C=O) groups excluding carboxylic acids is 1. The second kappa shape index (κ2) is 10.7. The van der Waals surface area contributed by atoms with Crippen LogP contribution in [0.1, 0.15) is 33.3 Å². The Bertz CT molecular complexity index is 694. The molecule has 0 aliphatic rings. The van der Waals surface area contributed by atoms with Crippen molar-refractivity contribution < 1.29 is 9.53 Å². The van der Waals surface area contributed by atoms with Crippen molar-refractivity contribution in [3.05, 3.63) is 47.2 Å². The van der Waals surface area contributed by atoms with Crippen LogP contribution in [-0.4, -0.2) is 48.7 Å². The molecule has 1 amide bonds. The highest BCUT2D eigenvalue weighted by Crippen LogP contribution is 2.13. The summed E-state index contributed by atoms with van der Waals surface area (Å²) in [5.74, 6) is 0.619. The van der Waals surface area contributed by atoms with Crippen molar-refractivity contribution in [3.63, 3.8) is 0 Å². The zero-order valence-corrected chi connectivity index (χ0v) is 17.5. The van der Waals surface area contributed by atoms with Gasteiger partial charge in [0.05, 0.1) is 24.8 Å². The summed E-state index contributed by atoms with van der Waals surface area (Å²) in [6.07, 6.45) is -0.426. The van der Waals surface area contributed by atoms with Gasteiger partial charge in [0.2, 0.25) is 0 Å². The fourth-order valence-electron chi connectivity index (χ4n) is 2.18. The number of halogens is 1. The molecule has 0 saturated carbocycles. The summed E-state index contributed by atoms with van der Waals surface area (Å²) >= 11 is 5.85. The average molecular weight is 393 g/mol. The number of ether oxygens (including phenoxy) is 1. The minimum Gasteiger partial charge on any atom is -0.444 e. The second-order valence-electron chi connectivity index (χ2n) is 7.03. The molecule has 0 spiro atoms. The number of alkyl halides is 1. The molecule has 6 nitrogen and oxygen atoms in total. The Kier molecular flexibility index (Phi) is 9.02. The molecule has 0 saturated heterocycles. The average Bonchev–Trinajstić information content (AvgIpc) is 2.61. The van der Waals surface area contributed by atoms with Crippen LogP contribution < -0.4 is 5.32 Å². The van der Waals surface area contributed by atoms with Gasteiger partial charge in [0.15, 0.2) is 0 Å². The van der Waals surface area contributed by atoms with Crippen molar-refractivity contribution in [3.8, 4) is 0 Å². The minimum absolute atomic E-state index is 0.206. The van der Waals surface area contributed by atoms with Gasteiger partial charge >= 0.3 is 6.09 Å². The number of nitrogens with zero attached hydrogens (tertiary/aromatic N) is 3. The molecular weight excluding hydrogens is 364 g/mol. The number of hydrogen-bond donors (Lipinski definition) is 1. The molecule has 0 aromatic heterocycles. The number of nitrogens with one attached hydrogen (secondary N) is 1. The van der Waals surface area contributed by atoms with Crippen molar-refractivity contribution >= 4 is 30.2 Å². The van der Waals surface area contributed by atoms with E-state index in [2.05, 4.69) is 22.0 Å². The standard InChI is InChI=1S/C20H29ClN4O2/c1-15(17(22-5)13-25(6)19(26)27-20(2,3)4)18(24-14-21)23-12-16-10-8-7-9-11-16/h7-11H,5,12-14H2,1-4,6H3,(H,23,24)/b17-15-. The fourth-order valence-corrected chi connectivity index (χ4v) is 2.30. The van der Waals surface area contributed by atoms with E-state index in [4.69, 9.17) is 16.3 Å². The maximum atomic E-state index is 12.2. The summed E-state index contributed by atoms with van der Waals surface area (Å²) in [6, 6.07) is 10.1. The van der Waals surface area contributed by atoms with Gasteiger partial charge in [-0.3, -0.25) is 9.98 Å². The number of aliphatic imine (C=N–C) groups is 2. The highest BCUT2D eigenvalue weighted by atomic mass is 35.5. The molecule has 0 unspecified atom stereocenters. The summed E-state index contributed by atoms with van der Waals surface area (Å²) in [5.41, 5.74) is 1.91. The van der Waals surface area contributed by atoms with Gasteiger partial charge in [-0.15, -0.1) is 11.6 Å². The lowest BCUT2D eigenvalue weighted by Gasteiger charge is -2.25. The summed E-state index contributed by atoms with van der Waals surface area (Å²) in [4.78, 5) is 22.3. The molecule has 148 valence electrons. The van der Waals surface area contributed by atoms with E-state index in [1.165, 1.54) is 4.90 Å². The quantitative estimate of drug-likeness (QED) is 0.327. The van der Waals surface area contributed by atoms with E-state index >= 15 is 0 Å². The van der Waals surface area contributed by atoms with Crippen LogP contribution in [0.4, 0.5) is 4.79 Å². The number of amides is 1. The molecule has 0 radical (unpaired) electrons. The van der Waals surface area contributed by atoms with E-state index < -0.39 is 11.7 Å². The lowest BCUT2D eigenvalue weighted by Crippen LogP contribution is -2.35. The Morgan fingerprint density at radius 1 is 1.30 bits per heavy atom. The number of carbonyl (C=O) groups is 1. The molecular formula is C20H29ClN4O2. The first-order valence-corrected chi connectivity index (χ1v) is 9.20. The molecule has 27 heavy (non-hydrogen) atoms. The monoisotopic (exact) mass is 392 g/mol. The van der Waals surface area contributed by atoms with Gasteiger partial charge in [0.1, 0.15) is 11.4 Å². The first kappa shape index (κ1) is 22.7. The lowest BCUT2D eigenvalue weighted by molar-refractivity contribution is 0.0313. The Labute approximate surface area is 167 Å². The van der Waals surface area contributed by atoms with Crippen molar-refractivity contribution in [2.45, 2.75) is 39.8 Å². The van der Waals surface area contributed by atoms with Crippen molar-refractivity contribution in [1.29, 1.82) is 0 Å². The van der Waals surface area contributed by atoms with Gasteiger partial charge in [0.25, 0.3) is 0 Å². The van der Waals surface area contributed by atoms with Gasteiger partial charge in [-0.25, -0.2) is 4.79 Å². The minimum atomic E-state index is -0.561. The van der Waals surface area contributed by atoms with Gasteiger partial charge in [-0.2, -0.15) is 0 Å². The molecule has 0 atom stereocenters. The summed E-state index contributed by atoms with van der Waals surface area (Å²) in [5, 5.41) is 3.04. The Hall–Kier alpha value is -2.34. The van der Waals surface area contributed by atoms with Crippen LogP contribution in [0.15, 0.2) is 51.6 Å². The Balaban J connectivity index is 2.99. The van der Waals surface area contributed by atoms with Gasteiger partial charge < -0.3 is 15.0 Å². The second-order valence-corrected chi connectivity index (χ2v) is 7.29. The number of benzene rings is 1. The summed E-state index contributed by atoms with van der Waals surface area (Å²) < 4.78 is 5.37. The normalized spacial score (nSPS) is 12.9. The van der Waals surface area contributed by atoms with Crippen molar-refractivity contribution in [1.82, 2.24) is 10.2 Å². The molecule has 0 aliphatic heterocycles. The molecule has 1 aromatic carbocycles. The molecule has 0 bridgehead atoms. The molecule has 7 heteroatoms. The summed E-state index contributed by atoms with van der Waals surface area (Å²) in [7, 11) is 1.66. The van der Waals surface area contributed by atoms with Crippen molar-refractivity contribution in [2.24, 2.45) is 9.98 Å². The maximum absolute atomic E-state index is 12.2. The van der Waals surface area contributed by atoms with E-state index in [0.717, 1.165) is 11.1 Å². The van der Waals surface area contributed by atoms with Crippen LogP contribution in [0.3, 0.4) is 0 Å². The van der Waals surface area contributed by atoms with Crippen LogP contribution in [0.5, 0.6) is 0 Å². The number of amidine groups is 1. The van der Waals surface area contributed by atoms with E-state index in [1.807, 2.05) is 58.0 Å². The third-order valence-corrected chi connectivity index (χ3v) is 3.70. The van der Waals surface area contributed by atoms with Gasteiger partial charge in [-0.05, 0) is 40.0 Å². The molecule has 0 fully saturated rings.